The molecule has 0 aliphatic carbocycles. The Morgan fingerprint density at radius 2 is 2.10 bits per heavy atom. The second kappa shape index (κ2) is 8.35. The molecule has 0 spiro atoms. The number of ether oxygens (including phenoxy) is 2. The van der Waals surface area contributed by atoms with Crippen molar-refractivity contribution in [2.75, 3.05) is 24.6 Å². The Hall–Kier alpha value is -2.86. The molecule has 2 aromatic carbocycles. The molecule has 162 valence electrons. The Kier molecular flexibility index (Phi) is 5.40. The maximum absolute atomic E-state index is 13.8. The minimum absolute atomic E-state index is 0.129. The van der Waals surface area contributed by atoms with Gasteiger partial charge in [0, 0.05) is 22.8 Å². The SMILES string of the molecule is Cc1ccc2c3c(ccc2n1)OC[C@H](CN1c2ccc(F)cc2CCC1CCCN)O3. The van der Waals surface area contributed by atoms with Crippen molar-refractivity contribution in [3.63, 3.8) is 0 Å². The summed E-state index contributed by atoms with van der Waals surface area (Å²) in [5.74, 6) is 1.34. The molecule has 1 unspecified atom stereocenters. The highest BCUT2D eigenvalue weighted by Gasteiger charge is 2.31. The number of aryl methyl sites for hydroxylation is 2. The molecule has 2 aliphatic heterocycles. The fourth-order valence-corrected chi connectivity index (χ4v) is 4.80. The zero-order valence-corrected chi connectivity index (χ0v) is 17.8. The minimum Gasteiger partial charge on any atom is -0.486 e. The van der Waals surface area contributed by atoms with Gasteiger partial charge in [-0.05, 0) is 87.2 Å². The maximum Gasteiger partial charge on any atom is 0.171 e. The van der Waals surface area contributed by atoms with Crippen LogP contribution in [-0.2, 0) is 6.42 Å². The number of aromatic nitrogens is 1. The second-order valence-corrected chi connectivity index (χ2v) is 8.51. The van der Waals surface area contributed by atoms with E-state index in [4.69, 9.17) is 15.2 Å². The van der Waals surface area contributed by atoms with Crippen molar-refractivity contribution in [1.82, 2.24) is 4.98 Å². The first-order chi connectivity index (χ1) is 15.1. The lowest BCUT2D eigenvalue weighted by molar-refractivity contribution is 0.0951. The standard InChI is InChI=1S/C25H28FN3O2/c1-16-4-8-21-22(28-16)9-11-24-25(21)31-20(15-30-24)14-29-19(3-2-12-27)7-5-17-13-18(26)6-10-23(17)29/h4,6,8-11,13,19-20H,2-3,5,7,12,14-15,27H2,1H3/t19?,20-/m0/s1. The van der Waals surface area contributed by atoms with E-state index in [9.17, 15) is 4.39 Å². The van der Waals surface area contributed by atoms with Crippen LogP contribution in [0.1, 0.15) is 30.5 Å². The van der Waals surface area contributed by atoms with Gasteiger partial charge in [0.2, 0.25) is 0 Å². The Balaban J connectivity index is 1.43. The first-order valence-electron chi connectivity index (χ1n) is 11.1. The minimum atomic E-state index is -0.181. The first-order valence-corrected chi connectivity index (χ1v) is 11.1. The molecule has 0 saturated carbocycles. The van der Waals surface area contributed by atoms with Crippen LogP contribution in [0, 0.1) is 12.7 Å². The normalized spacial score (nSPS) is 20.0. The molecule has 0 saturated heterocycles. The van der Waals surface area contributed by atoms with Gasteiger partial charge in [0.25, 0.3) is 0 Å². The average molecular weight is 422 g/mol. The molecule has 1 aromatic heterocycles. The lowest BCUT2D eigenvalue weighted by atomic mass is 9.92. The highest BCUT2D eigenvalue weighted by Crippen LogP contribution is 2.39. The molecule has 3 aromatic rings. The Labute approximate surface area is 182 Å². The van der Waals surface area contributed by atoms with Gasteiger partial charge in [-0.1, -0.05) is 0 Å². The monoisotopic (exact) mass is 421 g/mol. The van der Waals surface area contributed by atoms with Crippen LogP contribution >= 0.6 is 0 Å². The molecule has 0 fully saturated rings. The Morgan fingerprint density at radius 3 is 2.97 bits per heavy atom. The van der Waals surface area contributed by atoms with Crippen molar-refractivity contribution >= 4 is 16.6 Å². The van der Waals surface area contributed by atoms with Crippen LogP contribution in [0.4, 0.5) is 10.1 Å². The number of pyridine rings is 1. The Bertz CT molecular complexity index is 1100. The first kappa shape index (κ1) is 20.1. The highest BCUT2D eigenvalue weighted by atomic mass is 19.1. The number of nitrogens with two attached hydrogens (primary N) is 1. The van der Waals surface area contributed by atoms with Crippen LogP contribution < -0.4 is 20.1 Å². The number of hydrogen-bond acceptors (Lipinski definition) is 5. The summed E-state index contributed by atoms with van der Waals surface area (Å²) in [4.78, 5) is 6.99. The van der Waals surface area contributed by atoms with Crippen LogP contribution in [0.3, 0.4) is 0 Å². The van der Waals surface area contributed by atoms with E-state index < -0.39 is 0 Å². The summed E-state index contributed by atoms with van der Waals surface area (Å²) in [7, 11) is 0. The van der Waals surface area contributed by atoms with Crippen molar-refractivity contribution in [3.8, 4) is 11.5 Å². The van der Waals surface area contributed by atoms with Gasteiger partial charge < -0.3 is 20.1 Å². The van der Waals surface area contributed by atoms with Crippen LogP contribution in [0.15, 0.2) is 42.5 Å². The van der Waals surface area contributed by atoms with Crippen molar-refractivity contribution in [3.05, 3.63) is 59.5 Å². The molecule has 2 atom stereocenters. The Morgan fingerprint density at radius 1 is 1.19 bits per heavy atom. The van der Waals surface area contributed by atoms with Gasteiger partial charge in [-0.3, -0.25) is 4.98 Å². The number of benzene rings is 2. The third-order valence-electron chi connectivity index (χ3n) is 6.31. The lowest BCUT2D eigenvalue weighted by Crippen LogP contribution is -2.48. The van der Waals surface area contributed by atoms with Crippen molar-refractivity contribution < 1.29 is 13.9 Å². The van der Waals surface area contributed by atoms with Crippen LogP contribution in [0.2, 0.25) is 0 Å². The van der Waals surface area contributed by atoms with E-state index in [0.29, 0.717) is 25.7 Å². The zero-order chi connectivity index (χ0) is 21.4. The summed E-state index contributed by atoms with van der Waals surface area (Å²) in [5.41, 5.74) is 9.82. The summed E-state index contributed by atoms with van der Waals surface area (Å²) in [6.45, 7) is 3.82. The van der Waals surface area contributed by atoms with Gasteiger partial charge in [0.1, 0.15) is 12.4 Å². The van der Waals surface area contributed by atoms with Gasteiger partial charge in [0.05, 0.1) is 12.1 Å². The molecular formula is C25H28FN3O2. The van der Waals surface area contributed by atoms with E-state index in [2.05, 4.69) is 9.88 Å². The largest absolute Gasteiger partial charge is 0.486 e. The molecule has 31 heavy (non-hydrogen) atoms. The molecule has 5 rings (SSSR count). The summed E-state index contributed by atoms with van der Waals surface area (Å²) in [6, 6.07) is 13.4. The van der Waals surface area contributed by atoms with Crippen molar-refractivity contribution in [2.45, 2.75) is 44.8 Å². The quantitative estimate of drug-likeness (QED) is 0.662. The summed E-state index contributed by atoms with van der Waals surface area (Å²) >= 11 is 0. The molecule has 0 radical (unpaired) electrons. The lowest BCUT2D eigenvalue weighted by Gasteiger charge is -2.41. The molecular weight excluding hydrogens is 393 g/mol. The molecule has 2 N–H and O–H groups in total. The predicted molar refractivity (Wildman–Crippen MR) is 121 cm³/mol. The van der Waals surface area contributed by atoms with Crippen LogP contribution in [0.25, 0.3) is 10.9 Å². The van der Waals surface area contributed by atoms with Gasteiger partial charge >= 0.3 is 0 Å². The van der Waals surface area contributed by atoms with Crippen molar-refractivity contribution in [1.29, 1.82) is 0 Å². The van der Waals surface area contributed by atoms with Gasteiger partial charge in [-0.2, -0.15) is 0 Å². The number of halogens is 1. The molecule has 2 aliphatic rings. The van der Waals surface area contributed by atoms with Gasteiger partial charge in [0.15, 0.2) is 17.6 Å². The van der Waals surface area contributed by atoms with E-state index in [1.54, 1.807) is 12.1 Å². The fraction of sp³-hybridized carbons (Fsp3) is 0.400. The topological polar surface area (TPSA) is 60.6 Å². The summed E-state index contributed by atoms with van der Waals surface area (Å²) < 4.78 is 26.4. The van der Waals surface area contributed by atoms with E-state index >= 15 is 0 Å². The van der Waals surface area contributed by atoms with Crippen LogP contribution in [-0.4, -0.2) is 36.8 Å². The van der Waals surface area contributed by atoms with E-state index in [0.717, 1.165) is 65.0 Å². The van der Waals surface area contributed by atoms with E-state index in [-0.39, 0.29) is 11.9 Å². The number of rotatable bonds is 5. The van der Waals surface area contributed by atoms with Crippen molar-refractivity contribution in [2.24, 2.45) is 5.73 Å². The third kappa shape index (κ3) is 3.92. The fourth-order valence-electron chi connectivity index (χ4n) is 4.80. The average Bonchev–Trinajstić information content (AvgIpc) is 2.78. The zero-order valence-electron chi connectivity index (χ0n) is 17.8. The molecule has 3 heterocycles. The number of hydrogen-bond donors (Lipinski definition) is 1. The second-order valence-electron chi connectivity index (χ2n) is 8.51. The number of nitrogens with zero attached hydrogens (tertiary/aromatic N) is 2. The highest BCUT2D eigenvalue weighted by molar-refractivity contribution is 5.88. The van der Waals surface area contributed by atoms with Crippen LogP contribution in [0.5, 0.6) is 11.5 Å². The third-order valence-corrected chi connectivity index (χ3v) is 6.31. The predicted octanol–water partition coefficient (Wildman–Crippen LogP) is 4.38. The number of fused-ring (bicyclic) bond motifs is 4. The summed E-state index contributed by atoms with van der Waals surface area (Å²) in [6.07, 6.45) is 3.74. The summed E-state index contributed by atoms with van der Waals surface area (Å²) in [5, 5.41) is 0.966. The molecule has 0 amide bonds. The van der Waals surface area contributed by atoms with Gasteiger partial charge in [-0.25, -0.2) is 4.39 Å². The molecule has 6 heteroatoms. The smallest absolute Gasteiger partial charge is 0.171 e. The maximum atomic E-state index is 13.8. The molecule has 0 bridgehead atoms. The van der Waals surface area contributed by atoms with E-state index in [1.807, 2.05) is 37.3 Å². The van der Waals surface area contributed by atoms with Gasteiger partial charge in [-0.15, -0.1) is 0 Å². The number of anilines is 1. The van der Waals surface area contributed by atoms with E-state index in [1.165, 1.54) is 0 Å². The molecule has 5 nitrogen and oxygen atoms in total.